The molecule has 8 heteroatoms. The largest absolute Gasteiger partial charge is 0.475 e. The number of aliphatic carboxylic acids is 1. The molecule has 2 rings (SSSR count). The van der Waals surface area contributed by atoms with Crippen LogP contribution in [0.5, 0.6) is 0 Å². The van der Waals surface area contributed by atoms with Crippen LogP contribution in [0.1, 0.15) is 39.7 Å². The third kappa shape index (κ3) is 5.06. The van der Waals surface area contributed by atoms with E-state index in [0.29, 0.717) is 17.7 Å². The first-order chi connectivity index (χ1) is 13.7. The number of carboxylic acids is 1. The fourth-order valence-electron chi connectivity index (χ4n) is 3.21. The lowest BCUT2D eigenvalue weighted by atomic mass is 10.0. The molecule has 2 amide bonds. The molecular weight excluding hydrogens is 392 g/mol. The lowest BCUT2D eigenvalue weighted by Crippen LogP contribution is -2.60. The van der Waals surface area contributed by atoms with Gasteiger partial charge in [0.2, 0.25) is 5.91 Å². The van der Waals surface area contributed by atoms with Crippen LogP contribution in [0, 0.1) is 5.92 Å². The number of nitrogens with zero attached hydrogens (tertiary/aromatic N) is 2. The lowest BCUT2D eigenvalue weighted by molar-refractivity contribution is -0.169. The average Bonchev–Trinajstić information content (AvgIpc) is 2.68. The van der Waals surface area contributed by atoms with Crippen molar-refractivity contribution in [2.75, 3.05) is 0 Å². The minimum atomic E-state index is -1.64. The molecule has 1 aliphatic heterocycles. The summed E-state index contributed by atoms with van der Waals surface area (Å²) in [6.07, 6.45) is 0.443. The minimum absolute atomic E-state index is 0.00112. The first-order valence-corrected chi connectivity index (χ1v) is 10.4. The number of allylic oxidation sites excluding steroid dienone is 1. The quantitative estimate of drug-likeness (QED) is 0.653. The highest BCUT2D eigenvalue weighted by atomic mass is 32.2. The Kier molecular flexibility index (Phi) is 7.61. The van der Waals surface area contributed by atoms with Crippen LogP contribution in [0.15, 0.2) is 41.4 Å². The predicted molar refractivity (Wildman–Crippen MR) is 111 cm³/mol. The zero-order valence-electron chi connectivity index (χ0n) is 17.0. The summed E-state index contributed by atoms with van der Waals surface area (Å²) < 4.78 is 0. The monoisotopic (exact) mass is 418 g/mol. The normalized spacial score (nSPS) is 17.7. The van der Waals surface area contributed by atoms with E-state index in [2.05, 4.69) is 0 Å². The van der Waals surface area contributed by atoms with E-state index in [4.69, 9.17) is 0 Å². The molecule has 1 heterocycles. The first kappa shape index (κ1) is 22.7. The van der Waals surface area contributed by atoms with Gasteiger partial charge in [-0.1, -0.05) is 51.1 Å². The predicted octanol–water partition coefficient (Wildman–Crippen LogP) is 2.87. The SMILES string of the molecule is CCC1=CSC(C(C)C)C(=O)N1N(C(C)=O)[C@@H](Cc1ccccc1)C(=O)C(=O)O. The summed E-state index contributed by atoms with van der Waals surface area (Å²) in [5.41, 5.74) is 1.25. The zero-order valence-corrected chi connectivity index (χ0v) is 17.8. The fourth-order valence-corrected chi connectivity index (χ4v) is 4.31. The molecule has 0 spiro atoms. The van der Waals surface area contributed by atoms with Crippen LogP contribution in [-0.4, -0.2) is 50.0 Å². The second-order valence-corrected chi connectivity index (χ2v) is 8.17. The van der Waals surface area contributed by atoms with E-state index >= 15 is 0 Å². The maximum Gasteiger partial charge on any atom is 0.374 e. The smallest absolute Gasteiger partial charge is 0.374 e. The van der Waals surface area contributed by atoms with Crippen molar-refractivity contribution in [3.8, 4) is 0 Å². The van der Waals surface area contributed by atoms with Gasteiger partial charge in [0.15, 0.2) is 0 Å². The van der Waals surface area contributed by atoms with Gasteiger partial charge in [-0.05, 0) is 23.3 Å². The van der Waals surface area contributed by atoms with E-state index < -0.39 is 29.0 Å². The number of amides is 2. The molecule has 0 fully saturated rings. The molecule has 0 radical (unpaired) electrons. The van der Waals surface area contributed by atoms with E-state index in [1.807, 2.05) is 26.2 Å². The number of carboxylic acid groups (broad SMARTS) is 1. The number of hydrogen-bond donors (Lipinski definition) is 1. The number of benzene rings is 1. The van der Waals surface area contributed by atoms with Crippen LogP contribution in [0.4, 0.5) is 0 Å². The Labute approximate surface area is 174 Å². The lowest BCUT2D eigenvalue weighted by Gasteiger charge is -2.43. The fraction of sp³-hybridized carbons (Fsp3) is 0.429. The second-order valence-electron chi connectivity index (χ2n) is 7.15. The molecule has 1 aromatic rings. The Morgan fingerprint density at radius 2 is 1.83 bits per heavy atom. The highest BCUT2D eigenvalue weighted by molar-refractivity contribution is 8.03. The number of Topliss-reactive ketones (excluding diaryl/α,β-unsaturated/α-hetero) is 1. The van der Waals surface area contributed by atoms with E-state index in [0.717, 1.165) is 5.01 Å². The molecule has 2 atom stereocenters. The second kappa shape index (κ2) is 9.73. The summed E-state index contributed by atoms with van der Waals surface area (Å²) in [6, 6.07) is 7.51. The van der Waals surface area contributed by atoms with E-state index in [9.17, 15) is 24.3 Å². The Hall–Kier alpha value is -2.61. The Morgan fingerprint density at radius 3 is 2.31 bits per heavy atom. The van der Waals surface area contributed by atoms with Gasteiger partial charge in [0.1, 0.15) is 6.04 Å². The van der Waals surface area contributed by atoms with Crippen molar-refractivity contribution in [1.29, 1.82) is 0 Å². The standard InChI is InChI=1S/C21H26N2O5S/c1-5-16-12-29-19(13(2)3)20(26)23(16)22(14(4)24)17(18(25)21(27)28)11-15-9-7-6-8-10-15/h6-10,12-13,17,19H,5,11H2,1-4H3,(H,27,28)/t17-,19?/m0/s1. The topological polar surface area (TPSA) is 95.0 Å². The molecule has 0 bridgehead atoms. The number of ketones is 1. The minimum Gasteiger partial charge on any atom is -0.475 e. The van der Waals surface area contributed by atoms with Gasteiger partial charge in [-0.2, -0.15) is 0 Å². The van der Waals surface area contributed by atoms with Crippen LogP contribution in [0.2, 0.25) is 0 Å². The molecular formula is C21H26N2O5S. The maximum atomic E-state index is 13.2. The third-order valence-electron chi connectivity index (χ3n) is 4.66. The highest BCUT2D eigenvalue weighted by Crippen LogP contribution is 2.34. The Balaban J connectivity index is 2.55. The molecule has 1 unspecified atom stereocenters. The van der Waals surface area contributed by atoms with Crippen LogP contribution >= 0.6 is 11.8 Å². The molecule has 0 aliphatic carbocycles. The molecule has 29 heavy (non-hydrogen) atoms. The Bertz CT molecular complexity index is 822. The van der Waals surface area contributed by atoms with E-state index in [1.165, 1.54) is 23.7 Å². The summed E-state index contributed by atoms with van der Waals surface area (Å²) in [5, 5.41) is 13.0. The number of carbonyl (C=O) groups excluding carboxylic acids is 3. The highest BCUT2D eigenvalue weighted by Gasteiger charge is 2.43. The number of thioether (sulfide) groups is 1. The summed E-state index contributed by atoms with van der Waals surface area (Å²) in [5.74, 6) is -3.66. The zero-order chi connectivity index (χ0) is 21.7. The summed E-state index contributed by atoms with van der Waals surface area (Å²) in [6.45, 7) is 6.88. The molecule has 7 nitrogen and oxygen atoms in total. The van der Waals surface area contributed by atoms with Crippen molar-refractivity contribution >= 4 is 35.3 Å². The van der Waals surface area contributed by atoms with Gasteiger partial charge < -0.3 is 5.11 Å². The maximum absolute atomic E-state index is 13.2. The number of carbonyl (C=O) groups is 4. The van der Waals surface area contributed by atoms with Gasteiger partial charge >= 0.3 is 5.97 Å². The third-order valence-corrected chi connectivity index (χ3v) is 6.11. The van der Waals surface area contributed by atoms with Gasteiger partial charge in [0.25, 0.3) is 11.7 Å². The number of hydrazine groups is 1. The van der Waals surface area contributed by atoms with Gasteiger partial charge in [-0.3, -0.25) is 14.4 Å². The van der Waals surface area contributed by atoms with Crippen LogP contribution < -0.4 is 0 Å². The van der Waals surface area contributed by atoms with Crippen molar-refractivity contribution in [2.24, 2.45) is 5.92 Å². The first-order valence-electron chi connectivity index (χ1n) is 9.48. The molecule has 0 saturated carbocycles. The molecule has 0 saturated heterocycles. The van der Waals surface area contributed by atoms with Crippen molar-refractivity contribution in [2.45, 2.75) is 51.8 Å². The Morgan fingerprint density at radius 1 is 1.21 bits per heavy atom. The average molecular weight is 419 g/mol. The van der Waals surface area contributed by atoms with Gasteiger partial charge in [-0.25, -0.2) is 14.8 Å². The number of hydrogen-bond acceptors (Lipinski definition) is 5. The van der Waals surface area contributed by atoms with E-state index in [1.54, 1.807) is 30.3 Å². The molecule has 1 N–H and O–H groups in total. The van der Waals surface area contributed by atoms with Crippen LogP contribution in [0.25, 0.3) is 0 Å². The summed E-state index contributed by atoms with van der Waals surface area (Å²) >= 11 is 1.38. The van der Waals surface area contributed by atoms with Crippen molar-refractivity contribution in [3.05, 3.63) is 47.0 Å². The summed E-state index contributed by atoms with van der Waals surface area (Å²) in [7, 11) is 0. The van der Waals surface area contributed by atoms with Crippen molar-refractivity contribution in [1.82, 2.24) is 10.0 Å². The number of rotatable bonds is 8. The van der Waals surface area contributed by atoms with Gasteiger partial charge in [-0.15, -0.1) is 11.8 Å². The van der Waals surface area contributed by atoms with Crippen molar-refractivity contribution < 1.29 is 24.3 Å². The van der Waals surface area contributed by atoms with Gasteiger partial charge in [0, 0.05) is 19.0 Å². The molecule has 1 aromatic carbocycles. The van der Waals surface area contributed by atoms with Crippen molar-refractivity contribution in [3.63, 3.8) is 0 Å². The molecule has 156 valence electrons. The summed E-state index contributed by atoms with van der Waals surface area (Å²) in [4.78, 5) is 50.0. The van der Waals surface area contributed by atoms with E-state index in [-0.39, 0.29) is 18.2 Å². The van der Waals surface area contributed by atoms with Crippen LogP contribution in [0.3, 0.4) is 0 Å². The van der Waals surface area contributed by atoms with Gasteiger partial charge in [0.05, 0.1) is 5.25 Å². The van der Waals surface area contributed by atoms with Crippen LogP contribution in [-0.2, 0) is 25.6 Å². The molecule has 1 aliphatic rings. The molecule has 0 aromatic heterocycles.